The highest BCUT2D eigenvalue weighted by Gasteiger charge is 2.34. The summed E-state index contributed by atoms with van der Waals surface area (Å²) in [5, 5.41) is 10.8. The molecule has 2 aliphatic rings. The molecule has 214 valence electrons. The van der Waals surface area contributed by atoms with Crippen molar-refractivity contribution in [2.24, 2.45) is 0 Å². The van der Waals surface area contributed by atoms with Crippen LogP contribution in [0.4, 0.5) is 4.39 Å². The summed E-state index contributed by atoms with van der Waals surface area (Å²) in [5.41, 5.74) is 5.21. The standard InChI is InChI=1S/C32H36FN5O3/c1-36(2)14-15-37-16-17-38-28-19-21(31(39)40)8-10-26(28)29(25-6-3-4-7-27(25)33)30(38)24-11-9-23(18-22(24)20-37)41-32-34-12-5-13-35-32/h5,8-13,18-19,25,27H,3-4,6-7,14-17,20H2,1-2H3,(H,39,40)/t25-,27-/m1/s1. The molecule has 1 fully saturated rings. The van der Waals surface area contributed by atoms with Gasteiger partial charge in [-0.05, 0) is 74.5 Å². The number of carbonyl (C=O) groups is 1. The quantitative estimate of drug-likeness (QED) is 0.300. The van der Waals surface area contributed by atoms with Crippen LogP contribution >= 0.6 is 0 Å². The van der Waals surface area contributed by atoms with Crippen LogP contribution < -0.4 is 4.74 Å². The zero-order valence-corrected chi connectivity index (χ0v) is 23.6. The monoisotopic (exact) mass is 557 g/mol. The predicted molar refractivity (Wildman–Crippen MR) is 156 cm³/mol. The minimum Gasteiger partial charge on any atom is -0.478 e. The Labute approximate surface area is 239 Å². The smallest absolute Gasteiger partial charge is 0.335 e. The van der Waals surface area contributed by atoms with Crippen molar-refractivity contribution in [1.29, 1.82) is 0 Å². The maximum Gasteiger partial charge on any atom is 0.335 e. The first-order valence-electron chi connectivity index (χ1n) is 14.4. The molecule has 4 aromatic rings. The van der Waals surface area contributed by atoms with Gasteiger partial charge in [0, 0.05) is 67.5 Å². The molecule has 1 saturated carbocycles. The Morgan fingerprint density at radius 1 is 1.10 bits per heavy atom. The van der Waals surface area contributed by atoms with Crippen molar-refractivity contribution in [3.8, 4) is 23.0 Å². The van der Waals surface area contributed by atoms with Gasteiger partial charge >= 0.3 is 12.0 Å². The molecule has 41 heavy (non-hydrogen) atoms. The number of carboxylic acid groups (broad SMARTS) is 1. The molecular weight excluding hydrogens is 521 g/mol. The number of nitrogens with zero attached hydrogens (tertiary/aromatic N) is 5. The predicted octanol–water partition coefficient (Wildman–Crippen LogP) is 5.96. The van der Waals surface area contributed by atoms with E-state index in [-0.39, 0.29) is 17.5 Å². The van der Waals surface area contributed by atoms with E-state index in [4.69, 9.17) is 4.74 Å². The minimum absolute atomic E-state index is 0.232. The van der Waals surface area contributed by atoms with Gasteiger partial charge in [-0.25, -0.2) is 19.2 Å². The molecule has 0 saturated heterocycles. The van der Waals surface area contributed by atoms with Crippen LogP contribution in [0.2, 0.25) is 0 Å². The van der Waals surface area contributed by atoms with Crippen molar-refractivity contribution < 1.29 is 19.0 Å². The van der Waals surface area contributed by atoms with Gasteiger partial charge in [-0.2, -0.15) is 0 Å². The third kappa shape index (κ3) is 5.56. The Bertz CT molecular complexity index is 1550. The molecule has 0 radical (unpaired) electrons. The lowest BCUT2D eigenvalue weighted by Crippen LogP contribution is -2.35. The van der Waals surface area contributed by atoms with Crippen molar-refractivity contribution in [1.82, 2.24) is 24.3 Å². The summed E-state index contributed by atoms with van der Waals surface area (Å²) in [7, 11) is 4.14. The van der Waals surface area contributed by atoms with Crippen LogP contribution in [0.15, 0.2) is 54.9 Å². The molecule has 0 bridgehead atoms. The van der Waals surface area contributed by atoms with Gasteiger partial charge in [-0.15, -0.1) is 0 Å². The van der Waals surface area contributed by atoms with E-state index < -0.39 is 12.1 Å². The lowest BCUT2D eigenvalue weighted by molar-refractivity contribution is 0.0697. The molecule has 1 aliphatic carbocycles. The zero-order valence-electron chi connectivity index (χ0n) is 23.6. The second-order valence-electron chi connectivity index (χ2n) is 11.4. The first kappa shape index (κ1) is 27.4. The number of hydrogen-bond acceptors (Lipinski definition) is 6. The molecular formula is C32H36FN5O3. The lowest BCUT2D eigenvalue weighted by Gasteiger charge is -2.31. The number of rotatable bonds is 7. The first-order chi connectivity index (χ1) is 19.9. The highest BCUT2D eigenvalue weighted by molar-refractivity contribution is 5.98. The van der Waals surface area contributed by atoms with Crippen LogP contribution in [0.1, 0.15) is 53.1 Å². The first-order valence-corrected chi connectivity index (χ1v) is 14.4. The fraction of sp³-hybridized carbons (Fsp3) is 0.406. The van der Waals surface area contributed by atoms with Gasteiger partial charge in [-0.3, -0.25) is 4.90 Å². The Morgan fingerprint density at radius 2 is 1.90 bits per heavy atom. The third-order valence-electron chi connectivity index (χ3n) is 8.38. The van der Waals surface area contributed by atoms with Crippen molar-refractivity contribution in [2.75, 3.05) is 33.7 Å². The van der Waals surface area contributed by atoms with E-state index in [1.54, 1.807) is 30.6 Å². The topological polar surface area (TPSA) is 83.7 Å². The number of halogens is 1. The van der Waals surface area contributed by atoms with Crippen LogP contribution in [0, 0.1) is 0 Å². The largest absolute Gasteiger partial charge is 0.478 e. The van der Waals surface area contributed by atoms with Crippen molar-refractivity contribution in [2.45, 2.75) is 50.9 Å². The van der Waals surface area contributed by atoms with Crippen LogP contribution in [0.25, 0.3) is 22.2 Å². The molecule has 0 unspecified atom stereocenters. The highest BCUT2D eigenvalue weighted by atomic mass is 19.1. The molecule has 2 atom stereocenters. The van der Waals surface area contributed by atoms with Crippen molar-refractivity contribution in [3.63, 3.8) is 0 Å². The molecule has 8 nitrogen and oxygen atoms in total. The van der Waals surface area contributed by atoms with Crippen LogP contribution in [-0.4, -0.2) is 75.3 Å². The molecule has 1 N–H and O–H groups in total. The number of aromatic nitrogens is 3. The number of likely N-dealkylation sites (N-methyl/N-ethyl adjacent to an activating group) is 1. The van der Waals surface area contributed by atoms with E-state index in [1.165, 1.54) is 0 Å². The number of fused-ring (bicyclic) bond motifs is 5. The van der Waals surface area contributed by atoms with E-state index in [0.29, 0.717) is 25.3 Å². The van der Waals surface area contributed by atoms with Gasteiger partial charge < -0.3 is 19.3 Å². The summed E-state index contributed by atoms with van der Waals surface area (Å²) < 4.78 is 23.9. The lowest BCUT2D eigenvalue weighted by atomic mass is 9.80. The number of benzene rings is 2. The second-order valence-corrected chi connectivity index (χ2v) is 11.4. The molecule has 6 rings (SSSR count). The average Bonchev–Trinajstić information content (AvgIpc) is 3.26. The maximum atomic E-state index is 15.7. The Hall–Kier alpha value is -3.82. The van der Waals surface area contributed by atoms with E-state index in [0.717, 1.165) is 72.2 Å². The minimum atomic E-state index is -0.964. The maximum absolute atomic E-state index is 15.7. The van der Waals surface area contributed by atoms with Gasteiger partial charge in [0.1, 0.15) is 11.9 Å². The van der Waals surface area contributed by atoms with Gasteiger partial charge in [0.05, 0.1) is 11.3 Å². The third-order valence-corrected chi connectivity index (χ3v) is 8.38. The molecule has 9 heteroatoms. The van der Waals surface area contributed by atoms with Crippen molar-refractivity contribution >= 4 is 16.9 Å². The number of carboxylic acids is 1. The molecule has 1 aliphatic heterocycles. The fourth-order valence-corrected chi connectivity index (χ4v) is 6.35. The van der Waals surface area contributed by atoms with Gasteiger partial charge in [-0.1, -0.05) is 18.9 Å². The van der Waals surface area contributed by atoms with Gasteiger partial charge in [0.25, 0.3) is 0 Å². The molecule has 2 aromatic heterocycles. The van der Waals surface area contributed by atoms with E-state index in [1.807, 2.05) is 18.2 Å². The average molecular weight is 558 g/mol. The second kappa shape index (κ2) is 11.6. The molecule has 2 aromatic carbocycles. The van der Waals surface area contributed by atoms with Crippen LogP contribution in [0.3, 0.4) is 0 Å². The molecule has 0 amide bonds. The summed E-state index contributed by atoms with van der Waals surface area (Å²) in [6.07, 6.45) is 5.58. The Morgan fingerprint density at radius 3 is 2.66 bits per heavy atom. The molecule has 0 spiro atoms. The van der Waals surface area contributed by atoms with E-state index >= 15 is 4.39 Å². The van der Waals surface area contributed by atoms with Gasteiger partial charge in [0.15, 0.2) is 0 Å². The Kier molecular flexibility index (Phi) is 7.73. The van der Waals surface area contributed by atoms with E-state index in [9.17, 15) is 9.90 Å². The van der Waals surface area contributed by atoms with Gasteiger partial charge in [0.2, 0.25) is 0 Å². The summed E-state index contributed by atoms with van der Waals surface area (Å²) in [5.74, 6) is -0.556. The highest BCUT2D eigenvalue weighted by Crippen LogP contribution is 2.47. The summed E-state index contributed by atoms with van der Waals surface area (Å²) in [4.78, 5) is 25.0. The number of hydrogen-bond donors (Lipinski definition) is 1. The number of alkyl halides is 1. The van der Waals surface area contributed by atoms with Crippen LogP contribution in [0.5, 0.6) is 11.8 Å². The Balaban J connectivity index is 1.55. The van der Waals surface area contributed by atoms with E-state index in [2.05, 4.69) is 44.5 Å². The molecule has 3 heterocycles. The summed E-state index contributed by atoms with van der Waals surface area (Å²) >= 11 is 0. The number of ether oxygens (including phenoxy) is 1. The van der Waals surface area contributed by atoms with Crippen LogP contribution in [-0.2, 0) is 13.1 Å². The normalized spacial score (nSPS) is 19.4. The fourth-order valence-electron chi connectivity index (χ4n) is 6.35. The van der Waals surface area contributed by atoms with Crippen molar-refractivity contribution in [3.05, 3.63) is 71.5 Å². The number of aromatic carboxylic acids is 1. The summed E-state index contributed by atoms with van der Waals surface area (Å²) in [6.45, 7) is 3.94. The summed E-state index contributed by atoms with van der Waals surface area (Å²) in [6, 6.07) is 13.4. The SMILES string of the molecule is CN(C)CCN1CCn2c(c([C@@H]3CCCC[C@H]3F)c3ccc(C(=O)O)cc32)-c2ccc(Oc3ncccn3)cc2C1. The zero-order chi connectivity index (χ0) is 28.5.